The van der Waals surface area contributed by atoms with Crippen LogP contribution in [0.15, 0.2) is 0 Å². The molecule has 0 unspecified atom stereocenters. The molecule has 1 heterocycles. The topological polar surface area (TPSA) is 63.2 Å². The van der Waals surface area contributed by atoms with Gasteiger partial charge in [-0.2, -0.15) is 0 Å². The first kappa shape index (κ1) is 20.6. The van der Waals surface area contributed by atoms with Gasteiger partial charge in [0.25, 0.3) is 0 Å². The highest BCUT2D eigenvalue weighted by molar-refractivity contribution is 5.70. The lowest BCUT2D eigenvalue weighted by molar-refractivity contribution is -0.267. The number of hydrogen-bond acceptors (Lipinski definition) is 6. The van der Waals surface area contributed by atoms with Crippen LogP contribution < -0.4 is 0 Å². The molecule has 0 amide bonds. The molecule has 2 fully saturated rings. The maximum Gasteiger partial charge on any atom is 0.308 e. The first-order valence-electron chi connectivity index (χ1n) is 9.14. The summed E-state index contributed by atoms with van der Waals surface area (Å²) in [6, 6.07) is 0. The van der Waals surface area contributed by atoms with Crippen molar-refractivity contribution in [3.8, 4) is 0 Å². The Labute approximate surface area is 151 Å². The second-order valence-corrected chi connectivity index (χ2v) is 8.58. The van der Waals surface area contributed by atoms with Gasteiger partial charge >= 0.3 is 5.97 Å². The molecule has 0 aromatic rings. The molecule has 2 aliphatic rings. The van der Waals surface area contributed by atoms with E-state index in [9.17, 15) is 4.79 Å². The standard InChI is InChI=1S/C19H34O6/c1-8-23-13-11-24-17(25-14(20)10-18(2,3)4)15-16(22-7)12(21-6)9-19(13,15)5/h12-13,15-17H,8-11H2,1-7H3/t12-,13+,15+,16-,17+,19-/m1/s1. The zero-order valence-electron chi connectivity index (χ0n) is 16.7. The number of esters is 1. The van der Waals surface area contributed by atoms with E-state index in [0.717, 1.165) is 6.42 Å². The molecule has 6 heteroatoms. The Balaban J connectivity index is 2.23. The largest absolute Gasteiger partial charge is 0.435 e. The third kappa shape index (κ3) is 4.35. The molecule has 2 rings (SSSR count). The summed E-state index contributed by atoms with van der Waals surface area (Å²) in [4.78, 5) is 12.4. The van der Waals surface area contributed by atoms with Crippen LogP contribution in [-0.2, 0) is 28.5 Å². The molecule has 0 radical (unpaired) electrons. The second-order valence-electron chi connectivity index (χ2n) is 8.58. The molecule has 1 aliphatic carbocycles. The average Bonchev–Trinajstić information content (AvgIpc) is 2.81. The van der Waals surface area contributed by atoms with Crippen molar-refractivity contribution in [3.63, 3.8) is 0 Å². The predicted molar refractivity (Wildman–Crippen MR) is 93.1 cm³/mol. The lowest BCUT2D eigenvalue weighted by atomic mass is 9.72. The summed E-state index contributed by atoms with van der Waals surface area (Å²) in [5.41, 5.74) is -0.364. The van der Waals surface area contributed by atoms with Crippen molar-refractivity contribution in [2.45, 2.75) is 72.1 Å². The van der Waals surface area contributed by atoms with Gasteiger partial charge in [-0.05, 0) is 18.8 Å². The Morgan fingerprint density at radius 1 is 1.24 bits per heavy atom. The molecule has 0 aromatic carbocycles. The van der Waals surface area contributed by atoms with Gasteiger partial charge < -0.3 is 23.7 Å². The number of methoxy groups -OCH3 is 2. The first-order chi connectivity index (χ1) is 11.7. The molecule has 1 saturated heterocycles. The second kappa shape index (κ2) is 7.91. The number of rotatable bonds is 6. The normalized spacial score (nSPS) is 38.4. The fraction of sp³-hybridized carbons (Fsp3) is 0.947. The summed E-state index contributed by atoms with van der Waals surface area (Å²) in [6.45, 7) is 11.2. The molecule has 0 spiro atoms. The highest BCUT2D eigenvalue weighted by Crippen LogP contribution is 2.53. The van der Waals surface area contributed by atoms with E-state index in [1.54, 1.807) is 14.2 Å². The van der Waals surface area contributed by atoms with Crippen molar-refractivity contribution >= 4 is 5.97 Å². The van der Waals surface area contributed by atoms with Gasteiger partial charge in [-0.1, -0.05) is 27.7 Å². The number of hydrogen-bond donors (Lipinski definition) is 0. The van der Waals surface area contributed by atoms with E-state index in [1.165, 1.54) is 0 Å². The van der Waals surface area contributed by atoms with Gasteiger partial charge in [0.15, 0.2) is 0 Å². The van der Waals surface area contributed by atoms with E-state index >= 15 is 0 Å². The maximum absolute atomic E-state index is 12.4. The van der Waals surface area contributed by atoms with Crippen LogP contribution in [0.3, 0.4) is 0 Å². The van der Waals surface area contributed by atoms with Gasteiger partial charge in [0.1, 0.15) is 0 Å². The van der Waals surface area contributed by atoms with E-state index in [-0.39, 0.29) is 41.0 Å². The van der Waals surface area contributed by atoms with Crippen molar-refractivity contribution < 1.29 is 28.5 Å². The summed E-state index contributed by atoms with van der Waals surface area (Å²) in [7, 11) is 3.36. The summed E-state index contributed by atoms with van der Waals surface area (Å²) in [5, 5.41) is 0. The van der Waals surface area contributed by atoms with Crippen molar-refractivity contribution in [2.24, 2.45) is 16.7 Å². The van der Waals surface area contributed by atoms with Crippen LogP contribution >= 0.6 is 0 Å². The maximum atomic E-state index is 12.4. The Morgan fingerprint density at radius 2 is 1.92 bits per heavy atom. The highest BCUT2D eigenvalue weighted by Gasteiger charge is 2.62. The molecule has 146 valence electrons. The van der Waals surface area contributed by atoms with Gasteiger partial charge in [0, 0.05) is 26.2 Å². The number of carbonyl (C=O) groups excluding carboxylic acids is 1. The van der Waals surface area contributed by atoms with Gasteiger partial charge in [0.2, 0.25) is 6.29 Å². The SMILES string of the molecule is CCO[C@H]1CO[C@@H](OC(=O)CC(C)(C)C)[C@@H]2[C@H](OC)[C@H](OC)C[C@@]21C. The minimum atomic E-state index is -0.637. The monoisotopic (exact) mass is 358 g/mol. The Bertz CT molecular complexity index is 459. The predicted octanol–water partition coefficient (Wildman–Crippen LogP) is 2.78. The quantitative estimate of drug-likeness (QED) is 0.681. The average molecular weight is 358 g/mol. The van der Waals surface area contributed by atoms with Crippen LogP contribution in [0.4, 0.5) is 0 Å². The van der Waals surface area contributed by atoms with E-state index in [4.69, 9.17) is 23.7 Å². The molecule has 0 N–H and O–H groups in total. The minimum absolute atomic E-state index is 0.0714. The summed E-state index contributed by atoms with van der Waals surface area (Å²) >= 11 is 0. The summed E-state index contributed by atoms with van der Waals surface area (Å²) in [5.74, 6) is -0.373. The van der Waals surface area contributed by atoms with Crippen LogP contribution in [0, 0.1) is 16.7 Å². The lowest BCUT2D eigenvalue weighted by Crippen LogP contribution is -2.55. The van der Waals surface area contributed by atoms with Crippen molar-refractivity contribution in [1.29, 1.82) is 0 Å². The van der Waals surface area contributed by atoms with Gasteiger partial charge in [-0.25, -0.2) is 0 Å². The van der Waals surface area contributed by atoms with Crippen molar-refractivity contribution in [3.05, 3.63) is 0 Å². The van der Waals surface area contributed by atoms with E-state index in [1.807, 2.05) is 27.7 Å². The van der Waals surface area contributed by atoms with Gasteiger partial charge in [-0.3, -0.25) is 4.79 Å². The van der Waals surface area contributed by atoms with E-state index < -0.39 is 6.29 Å². The Hall–Kier alpha value is -0.690. The summed E-state index contributed by atoms with van der Waals surface area (Å²) < 4.78 is 29.0. The lowest BCUT2D eigenvalue weighted by Gasteiger charge is -2.46. The fourth-order valence-electron chi connectivity index (χ4n) is 4.25. The zero-order chi connectivity index (χ0) is 18.8. The number of fused-ring (bicyclic) bond motifs is 1. The fourth-order valence-corrected chi connectivity index (χ4v) is 4.25. The number of ether oxygens (including phenoxy) is 5. The van der Waals surface area contributed by atoms with E-state index in [0.29, 0.717) is 19.6 Å². The van der Waals surface area contributed by atoms with Crippen LogP contribution in [-0.4, -0.2) is 58.0 Å². The van der Waals surface area contributed by atoms with Gasteiger partial charge in [-0.15, -0.1) is 0 Å². The van der Waals surface area contributed by atoms with Crippen LogP contribution in [0.1, 0.15) is 47.5 Å². The molecule has 0 bridgehead atoms. The minimum Gasteiger partial charge on any atom is -0.435 e. The van der Waals surface area contributed by atoms with Crippen LogP contribution in [0.25, 0.3) is 0 Å². The third-order valence-corrected chi connectivity index (χ3v) is 5.43. The first-order valence-corrected chi connectivity index (χ1v) is 9.14. The molecule has 25 heavy (non-hydrogen) atoms. The smallest absolute Gasteiger partial charge is 0.308 e. The Kier molecular flexibility index (Phi) is 6.52. The third-order valence-electron chi connectivity index (χ3n) is 5.43. The van der Waals surface area contributed by atoms with E-state index in [2.05, 4.69) is 6.92 Å². The zero-order valence-corrected chi connectivity index (χ0v) is 16.7. The molecular weight excluding hydrogens is 324 g/mol. The summed E-state index contributed by atoms with van der Waals surface area (Å²) in [6.07, 6.45) is 0.142. The molecule has 1 saturated carbocycles. The molecule has 1 aliphatic heterocycles. The van der Waals surface area contributed by atoms with Crippen molar-refractivity contribution in [1.82, 2.24) is 0 Å². The highest BCUT2D eigenvalue weighted by atomic mass is 16.7. The van der Waals surface area contributed by atoms with Crippen molar-refractivity contribution in [2.75, 3.05) is 27.4 Å². The molecular formula is C19H34O6. The Morgan fingerprint density at radius 3 is 2.44 bits per heavy atom. The van der Waals surface area contributed by atoms with Gasteiger partial charge in [0.05, 0.1) is 37.3 Å². The van der Waals surface area contributed by atoms with Crippen LogP contribution in [0.2, 0.25) is 0 Å². The number of carbonyl (C=O) groups is 1. The van der Waals surface area contributed by atoms with Crippen LogP contribution in [0.5, 0.6) is 0 Å². The molecule has 0 aromatic heterocycles. The molecule has 6 atom stereocenters. The molecule has 6 nitrogen and oxygen atoms in total.